The Balaban J connectivity index is 2.04. The predicted octanol–water partition coefficient (Wildman–Crippen LogP) is 1.17. The van der Waals surface area contributed by atoms with E-state index >= 15 is 0 Å². The molecule has 2 rings (SSSR count). The van der Waals surface area contributed by atoms with Crippen LogP contribution in [0.4, 0.5) is 0 Å². The molecule has 1 fully saturated rings. The molecule has 0 radical (unpaired) electrons. The van der Waals surface area contributed by atoms with Crippen molar-refractivity contribution in [1.29, 1.82) is 0 Å². The highest BCUT2D eigenvalue weighted by molar-refractivity contribution is 7.90. The number of nitrogens with zero attached hydrogens (tertiary/aromatic N) is 1. The summed E-state index contributed by atoms with van der Waals surface area (Å²) in [7, 11) is -3.13. The first kappa shape index (κ1) is 11.5. The maximum absolute atomic E-state index is 11.6. The summed E-state index contributed by atoms with van der Waals surface area (Å²) in [5.41, 5.74) is -0.0818. The molecular formula is C9H11NO4S2. The summed E-state index contributed by atoms with van der Waals surface area (Å²) in [4.78, 5) is 14.3. The Morgan fingerprint density at radius 2 is 2.25 bits per heavy atom. The third kappa shape index (κ3) is 3.02. The summed E-state index contributed by atoms with van der Waals surface area (Å²) >= 11 is 1.08. The zero-order valence-electron chi connectivity index (χ0n) is 8.42. The van der Waals surface area contributed by atoms with E-state index in [-0.39, 0.29) is 17.2 Å². The van der Waals surface area contributed by atoms with Gasteiger partial charge in [-0.15, -0.1) is 11.3 Å². The second kappa shape index (κ2) is 4.14. The molecule has 0 spiro atoms. The Morgan fingerprint density at radius 3 is 2.75 bits per heavy atom. The zero-order valence-corrected chi connectivity index (χ0v) is 10.1. The van der Waals surface area contributed by atoms with Crippen LogP contribution in [0.3, 0.4) is 0 Å². The molecule has 0 bridgehead atoms. The highest BCUT2D eigenvalue weighted by Crippen LogP contribution is 2.31. The molecule has 16 heavy (non-hydrogen) atoms. The summed E-state index contributed by atoms with van der Waals surface area (Å²) in [6, 6.07) is 0. The number of aromatic nitrogens is 1. The summed E-state index contributed by atoms with van der Waals surface area (Å²) in [6.45, 7) is 0. The van der Waals surface area contributed by atoms with Gasteiger partial charge in [-0.05, 0) is 18.8 Å². The topological polar surface area (TPSA) is 84.3 Å². The van der Waals surface area contributed by atoms with E-state index in [0.717, 1.165) is 24.2 Å². The van der Waals surface area contributed by atoms with Crippen molar-refractivity contribution in [3.63, 3.8) is 0 Å². The lowest BCUT2D eigenvalue weighted by Gasteiger charge is -1.99. The van der Waals surface area contributed by atoms with Crippen molar-refractivity contribution >= 4 is 27.1 Å². The van der Waals surface area contributed by atoms with Crippen LogP contribution in [-0.4, -0.2) is 30.2 Å². The number of sulfone groups is 1. The smallest absolute Gasteiger partial charge is 0.355 e. The predicted molar refractivity (Wildman–Crippen MR) is 59.3 cm³/mol. The van der Waals surface area contributed by atoms with Crippen molar-refractivity contribution < 1.29 is 18.3 Å². The number of aromatic carboxylic acids is 1. The molecule has 0 unspecified atom stereocenters. The Bertz CT molecular complexity index is 501. The van der Waals surface area contributed by atoms with Crippen LogP contribution >= 0.6 is 11.3 Å². The van der Waals surface area contributed by atoms with Gasteiger partial charge in [-0.3, -0.25) is 0 Å². The third-order valence-electron chi connectivity index (χ3n) is 2.30. The molecule has 0 amide bonds. The average molecular weight is 261 g/mol. The van der Waals surface area contributed by atoms with Crippen LogP contribution in [0.2, 0.25) is 0 Å². The van der Waals surface area contributed by atoms with Gasteiger partial charge in [0.25, 0.3) is 0 Å². The summed E-state index contributed by atoms with van der Waals surface area (Å²) in [6.07, 6.45) is 1.97. The minimum absolute atomic E-state index is 0.0818. The Morgan fingerprint density at radius 1 is 1.56 bits per heavy atom. The van der Waals surface area contributed by atoms with Gasteiger partial charge in [-0.2, -0.15) is 0 Å². The van der Waals surface area contributed by atoms with Gasteiger partial charge in [0.1, 0.15) is 10.8 Å². The van der Waals surface area contributed by atoms with Gasteiger partial charge in [0.05, 0.1) is 5.75 Å². The van der Waals surface area contributed by atoms with Crippen LogP contribution < -0.4 is 0 Å². The van der Waals surface area contributed by atoms with Crippen LogP contribution in [0.25, 0.3) is 0 Å². The molecule has 1 aliphatic rings. The Labute approximate surface area is 97.1 Å². The third-order valence-corrected chi connectivity index (χ3v) is 5.02. The number of hydrogen-bond donors (Lipinski definition) is 1. The van der Waals surface area contributed by atoms with Crippen LogP contribution in [0.15, 0.2) is 5.38 Å². The highest BCUT2D eigenvalue weighted by Gasteiger charge is 2.28. The monoisotopic (exact) mass is 261 g/mol. The van der Waals surface area contributed by atoms with E-state index < -0.39 is 15.8 Å². The first-order chi connectivity index (χ1) is 7.46. The molecular weight excluding hydrogens is 250 g/mol. The Hall–Kier alpha value is -0.950. The van der Waals surface area contributed by atoms with Gasteiger partial charge < -0.3 is 5.11 Å². The van der Waals surface area contributed by atoms with Gasteiger partial charge in [0.15, 0.2) is 15.5 Å². The normalized spacial score (nSPS) is 16.2. The van der Waals surface area contributed by atoms with E-state index in [9.17, 15) is 13.2 Å². The molecule has 0 aromatic carbocycles. The number of carboxylic acid groups (broad SMARTS) is 1. The molecule has 1 saturated carbocycles. The van der Waals surface area contributed by atoms with Crippen LogP contribution in [-0.2, 0) is 15.6 Å². The highest BCUT2D eigenvalue weighted by atomic mass is 32.2. The van der Waals surface area contributed by atoms with Gasteiger partial charge in [-0.25, -0.2) is 18.2 Å². The summed E-state index contributed by atoms with van der Waals surface area (Å²) < 4.78 is 23.3. The lowest BCUT2D eigenvalue weighted by Crippen LogP contribution is -2.11. The molecule has 1 aromatic heterocycles. The lowest BCUT2D eigenvalue weighted by molar-refractivity contribution is 0.0691. The molecule has 1 aromatic rings. The van der Waals surface area contributed by atoms with E-state index in [4.69, 9.17) is 5.11 Å². The van der Waals surface area contributed by atoms with Gasteiger partial charge in [0, 0.05) is 5.38 Å². The largest absolute Gasteiger partial charge is 0.476 e. The lowest BCUT2D eigenvalue weighted by atomic mass is 10.5. The molecule has 5 nitrogen and oxygen atoms in total. The maximum atomic E-state index is 11.6. The molecule has 1 N–H and O–H groups in total. The van der Waals surface area contributed by atoms with Crippen molar-refractivity contribution in [1.82, 2.24) is 4.98 Å². The minimum Gasteiger partial charge on any atom is -0.476 e. The van der Waals surface area contributed by atoms with E-state index in [1.807, 2.05) is 0 Å². The molecule has 88 valence electrons. The van der Waals surface area contributed by atoms with Crippen molar-refractivity contribution in [2.75, 3.05) is 5.75 Å². The van der Waals surface area contributed by atoms with Crippen molar-refractivity contribution in [3.05, 3.63) is 16.1 Å². The number of carbonyl (C=O) groups is 1. The first-order valence-electron chi connectivity index (χ1n) is 4.84. The molecule has 1 heterocycles. The first-order valence-corrected chi connectivity index (χ1v) is 7.54. The fourth-order valence-corrected chi connectivity index (χ4v) is 4.34. The van der Waals surface area contributed by atoms with Gasteiger partial charge in [0.2, 0.25) is 0 Å². The van der Waals surface area contributed by atoms with E-state index in [0.29, 0.717) is 10.9 Å². The zero-order chi connectivity index (χ0) is 11.8. The average Bonchev–Trinajstić information content (AvgIpc) is 2.80. The van der Waals surface area contributed by atoms with Crippen LogP contribution in [0.5, 0.6) is 0 Å². The minimum atomic E-state index is -3.13. The molecule has 7 heteroatoms. The fourth-order valence-electron chi connectivity index (χ4n) is 1.37. The fraction of sp³-hybridized carbons (Fsp3) is 0.556. The maximum Gasteiger partial charge on any atom is 0.355 e. The second-order valence-corrected chi connectivity index (χ2v) is 6.98. The quantitative estimate of drug-likeness (QED) is 0.860. The standard InChI is InChI=1S/C9H11NO4S2/c11-9(12)7-3-15-8(10-7)5-16(13,14)4-6-1-2-6/h3,6H,1-2,4-5H2,(H,11,12). The van der Waals surface area contributed by atoms with Crippen LogP contribution in [0.1, 0.15) is 28.3 Å². The number of hydrogen-bond acceptors (Lipinski definition) is 5. The van der Waals surface area contributed by atoms with E-state index in [1.165, 1.54) is 5.38 Å². The van der Waals surface area contributed by atoms with Crippen molar-refractivity contribution in [2.45, 2.75) is 18.6 Å². The van der Waals surface area contributed by atoms with Gasteiger partial charge in [-0.1, -0.05) is 0 Å². The summed E-state index contributed by atoms with van der Waals surface area (Å²) in [5.74, 6) is -0.748. The van der Waals surface area contributed by atoms with Gasteiger partial charge >= 0.3 is 5.97 Å². The Kier molecular flexibility index (Phi) is 2.98. The van der Waals surface area contributed by atoms with Crippen molar-refractivity contribution in [3.8, 4) is 0 Å². The van der Waals surface area contributed by atoms with Crippen molar-refractivity contribution in [2.24, 2.45) is 5.92 Å². The number of thiazole rings is 1. The SMILES string of the molecule is O=C(O)c1csc(CS(=O)(=O)CC2CC2)n1. The number of carboxylic acids is 1. The summed E-state index contributed by atoms with van der Waals surface area (Å²) in [5, 5.41) is 10.4. The molecule has 0 aliphatic heterocycles. The molecule has 0 saturated heterocycles. The van der Waals surface area contributed by atoms with Crippen LogP contribution in [0, 0.1) is 5.92 Å². The van der Waals surface area contributed by atoms with E-state index in [1.54, 1.807) is 0 Å². The molecule has 0 atom stereocenters. The second-order valence-electron chi connectivity index (χ2n) is 3.93. The molecule has 1 aliphatic carbocycles. The van der Waals surface area contributed by atoms with E-state index in [2.05, 4.69) is 4.98 Å². The number of rotatable bonds is 5.